The highest BCUT2D eigenvalue weighted by molar-refractivity contribution is 7.99. The molecular weight excluding hydrogens is 459 g/mol. The molecule has 0 saturated heterocycles. The van der Waals surface area contributed by atoms with Gasteiger partial charge in [-0.1, -0.05) is 68.1 Å². The highest BCUT2D eigenvalue weighted by Gasteiger charge is 2.30. The molecule has 2 amide bonds. The average molecular weight is 491 g/mol. The molecule has 0 bridgehead atoms. The summed E-state index contributed by atoms with van der Waals surface area (Å²) in [6, 6.07) is 13.5. The standard InChI is InChI=1S/C26H32ClFN2O2S/c1-2-24(26(32)29-22-9-4-3-5-10-22)30(16-19-12-14-21(27)15-13-19)25(31)18-33-17-20-8-6-7-11-23(20)28/h6-8,11-15,22,24H,2-5,9-10,16-18H2,1H3,(H,29,32). The van der Waals surface area contributed by atoms with Crippen molar-refractivity contribution in [3.05, 3.63) is 70.5 Å². The lowest BCUT2D eigenvalue weighted by Gasteiger charge is -2.32. The largest absolute Gasteiger partial charge is 0.352 e. The summed E-state index contributed by atoms with van der Waals surface area (Å²) < 4.78 is 13.9. The van der Waals surface area contributed by atoms with Gasteiger partial charge in [0, 0.05) is 23.4 Å². The fourth-order valence-electron chi connectivity index (χ4n) is 4.20. The average Bonchev–Trinajstić information content (AvgIpc) is 2.82. The number of nitrogens with zero attached hydrogens (tertiary/aromatic N) is 1. The molecule has 1 fully saturated rings. The van der Waals surface area contributed by atoms with Crippen molar-refractivity contribution in [2.45, 2.75) is 69.8 Å². The summed E-state index contributed by atoms with van der Waals surface area (Å²) in [5, 5.41) is 3.80. The fraction of sp³-hybridized carbons (Fsp3) is 0.462. The van der Waals surface area contributed by atoms with Crippen LogP contribution < -0.4 is 5.32 Å². The van der Waals surface area contributed by atoms with Gasteiger partial charge in [0.1, 0.15) is 11.9 Å². The van der Waals surface area contributed by atoms with Crippen LogP contribution in [0.15, 0.2) is 48.5 Å². The van der Waals surface area contributed by atoms with Gasteiger partial charge in [0.25, 0.3) is 0 Å². The molecule has 0 heterocycles. The third kappa shape index (κ3) is 7.75. The summed E-state index contributed by atoms with van der Waals surface area (Å²) in [6.45, 7) is 2.26. The van der Waals surface area contributed by atoms with Crippen molar-refractivity contribution < 1.29 is 14.0 Å². The zero-order valence-electron chi connectivity index (χ0n) is 19.1. The van der Waals surface area contributed by atoms with Gasteiger partial charge in [-0.25, -0.2) is 4.39 Å². The number of hydrogen-bond acceptors (Lipinski definition) is 3. The third-order valence-electron chi connectivity index (χ3n) is 6.04. The van der Waals surface area contributed by atoms with Gasteiger partial charge in [-0.3, -0.25) is 9.59 Å². The number of carbonyl (C=O) groups is 2. The molecule has 2 aromatic rings. The van der Waals surface area contributed by atoms with E-state index in [2.05, 4.69) is 5.32 Å². The highest BCUT2D eigenvalue weighted by atomic mass is 35.5. The maximum atomic E-state index is 13.9. The second-order valence-electron chi connectivity index (χ2n) is 8.50. The van der Waals surface area contributed by atoms with E-state index in [0.717, 1.165) is 31.2 Å². The van der Waals surface area contributed by atoms with Gasteiger partial charge in [-0.15, -0.1) is 11.8 Å². The van der Waals surface area contributed by atoms with E-state index < -0.39 is 6.04 Å². The van der Waals surface area contributed by atoms with Crippen LogP contribution >= 0.6 is 23.4 Å². The highest BCUT2D eigenvalue weighted by Crippen LogP contribution is 2.21. The minimum absolute atomic E-state index is 0.0918. The zero-order chi connectivity index (χ0) is 23.6. The third-order valence-corrected chi connectivity index (χ3v) is 7.26. The molecule has 1 unspecified atom stereocenters. The molecule has 2 aromatic carbocycles. The first-order valence-electron chi connectivity index (χ1n) is 11.6. The summed E-state index contributed by atoms with van der Waals surface area (Å²) in [5.74, 6) is 0.0874. The van der Waals surface area contributed by atoms with Crippen LogP contribution in [0.2, 0.25) is 5.02 Å². The molecule has 1 atom stereocenters. The van der Waals surface area contributed by atoms with Crippen molar-refractivity contribution in [1.82, 2.24) is 10.2 Å². The Labute approximate surface area is 205 Å². The maximum Gasteiger partial charge on any atom is 0.243 e. The maximum absolute atomic E-state index is 13.9. The normalized spacial score (nSPS) is 15.1. The van der Waals surface area contributed by atoms with Gasteiger partial charge >= 0.3 is 0 Å². The first-order chi connectivity index (χ1) is 16.0. The number of halogens is 2. The zero-order valence-corrected chi connectivity index (χ0v) is 20.6. The summed E-state index contributed by atoms with van der Waals surface area (Å²) in [7, 11) is 0. The van der Waals surface area contributed by atoms with Crippen molar-refractivity contribution in [3.63, 3.8) is 0 Å². The van der Waals surface area contributed by atoms with Crippen LogP contribution in [0.1, 0.15) is 56.6 Å². The Morgan fingerprint density at radius 1 is 1.12 bits per heavy atom. The molecule has 0 spiro atoms. The van der Waals surface area contributed by atoms with Crippen molar-refractivity contribution in [3.8, 4) is 0 Å². The Morgan fingerprint density at radius 3 is 2.48 bits per heavy atom. The molecule has 7 heteroatoms. The molecular formula is C26H32ClFN2O2S. The van der Waals surface area contributed by atoms with Crippen molar-refractivity contribution in [2.75, 3.05) is 5.75 Å². The minimum atomic E-state index is -0.552. The molecule has 1 aliphatic rings. The number of carbonyl (C=O) groups excluding carboxylic acids is 2. The van der Waals surface area contributed by atoms with E-state index in [0.29, 0.717) is 29.3 Å². The molecule has 1 N–H and O–H groups in total. The van der Waals surface area contributed by atoms with Crippen LogP contribution in [0.5, 0.6) is 0 Å². The molecule has 0 aromatic heterocycles. The molecule has 33 heavy (non-hydrogen) atoms. The monoisotopic (exact) mass is 490 g/mol. The van der Waals surface area contributed by atoms with Crippen LogP contribution in [-0.2, 0) is 21.9 Å². The summed E-state index contributed by atoms with van der Waals surface area (Å²) in [5.41, 5.74) is 1.48. The Balaban J connectivity index is 1.70. The van der Waals surface area contributed by atoms with Crippen LogP contribution in [0.3, 0.4) is 0 Å². The Bertz CT molecular complexity index is 919. The Morgan fingerprint density at radius 2 is 1.82 bits per heavy atom. The van der Waals surface area contributed by atoms with Gasteiger partial charge in [0.15, 0.2) is 0 Å². The molecule has 0 aliphatic heterocycles. The summed E-state index contributed by atoms with van der Waals surface area (Å²) in [6.07, 6.45) is 5.97. The quantitative estimate of drug-likeness (QED) is 0.446. The summed E-state index contributed by atoms with van der Waals surface area (Å²) in [4.78, 5) is 28.1. The van der Waals surface area contributed by atoms with Crippen molar-refractivity contribution in [2.24, 2.45) is 0 Å². The fourth-order valence-corrected chi connectivity index (χ4v) is 5.22. The first-order valence-corrected chi connectivity index (χ1v) is 13.2. The Kier molecular flexibility index (Phi) is 10.1. The lowest BCUT2D eigenvalue weighted by atomic mass is 9.95. The lowest BCUT2D eigenvalue weighted by molar-refractivity contribution is -0.139. The van der Waals surface area contributed by atoms with Gasteiger partial charge in [-0.2, -0.15) is 0 Å². The SMILES string of the molecule is CCC(C(=O)NC1CCCCC1)N(Cc1ccc(Cl)cc1)C(=O)CSCc1ccccc1F. The van der Waals surface area contributed by atoms with Gasteiger partial charge < -0.3 is 10.2 Å². The van der Waals surface area contributed by atoms with E-state index in [1.807, 2.05) is 19.1 Å². The minimum Gasteiger partial charge on any atom is -0.352 e. The molecule has 178 valence electrons. The van der Waals surface area contributed by atoms with E-state index in [1.54, 1.807) is 35.2 Å². The van der Waals surface area contributed by atoms with E-state index in [4.69, 9.17) is 11.6 Å². The number of nitrogens with one attached hydrogen (secondary N) is 1. The van der Waals surface area contributed by atoms with Gasteiger partial charge in [0.2, 0.25) is 11.8 Å². The summed E-state index contributed by atoms with van der Waals surface area (Å²) >= 11 is 7.38. The van der Waals surface area contributed by atoms with Gasteiger partial charge in [0.05, 0.1) is 5.75 Å². The van der Waals surface area contributed by atoms with Crippen LogP contribution in [0.4, 0.5) is 4.39 Å². The predicted octanol–water partition coefficient (Wildman–Crippen LogP) is 5.97. The lowest BCUT2D eigenvalue weighted by Crippen LogP contribution is -2.52. The topological polar surface area (TPSA) is 49.4 Å². The van der Waals surface area contributed by atoms with Crippen molar-refractivity contribution >= 4 is 35.2 Å². The number of amides is 2. The van der Waals surface area contributed by atoms with E-state index in [9.17, 15) is 14.0 Å². The smallest absolute Gasteiger partial charge is 0.243 e. The van der Waals surface area contributed by atoms with Crippen molar-refractivity contribution in [1.29, 1.82) is 0 Å². The second kappa shape index (κ2) is 13.0. The second-order valence-corrected chi connectivity index (χ2v) is 9.92. The number of thioether (sulfide) groups is 1. The first kappa shape index (κ1) is 25.6. The van der Waals surface area contributed by atoms with E-state index in [-0.39, 0.29) is 29.4 Å². The molecule has 1 aliphatic carbocycles. The molecule has 0 radical (unpaired) electrons. The molecule has 3 rings (SSSR count). The van der Waals surface area contributed by atoms with E-state index >= 15 is 0 Å². The number of rotatable bonds is 10. The number of benzene rings is 2. The molecule has 4 nitrogen and oxygen atoms in total. The van der Waals surface area contributed by atoms with Crippen LogP contribution in [0, 0.1) is 5.82 Å². The van der Waals surface area contributed by atoms with Crippen LogP contribution in [0.25, 0.3) is 0 Å². The molecule has 1 saturated carbocycles. The Hall–Kier alpha value is -2.05. The van der Waals surface area contributed by atoms with Gasteiger partial charge in [-0.05, 0) is 48.6 Å². The number of hydrogen-bond donors (Lipinski definition) is 1. The predicted molar refractivity (Wildman–Crippen MR) is 134 cm³/mol. The van der Waals surface area contributed by atoms with E-state index in [1.165, 1.54) is 24.2 Å². The van der Waals surface area contributed by atoms with Crippen LogP contribution in [-0.4, -0.2) is 34.6 Å².